The lowest BCUT2D eigenvalue weighted by molar-refractivity contribution is -0.116. The van der Waals surface area contributed by atoms with Crippen molar-refractivity contribution < 1.29 is 17.6 Å². The fraction of sp³-hybridized carbons (Fsp3) is 0.200. The Morgan fingerprint density at radius 3 is 2.59 bits per heavy atom. The van der Waals surface area contributed by atoms with Gasteiger partial charge >= 0.3 is 0 Å². The maximum Gasteiger partial charge on any atom is 0.240 e. The number of hydrogen-bond donors (Lipinski definition) is 2. The van der Waals surface area contributed by atoms with Crippen LogP contribution in [0.25, 0.3) is 5.69 Å². The average molecular weight is 416 g/mol. The molecule has 0 saturated heterocycles. The Balaban J connectivity index is 1.56. The topological polar surface area (TPSA) is 93.1 Å². The number of amides is 1. The van der Waals surface area contributed by atoms with Gasteiger partial charge in [0.1, 0.15) is 5.82 Å². The van der Waals surface area contributed by atoms with Gasteiger partial charge in [-0.25, -0.2) is 22.5 Å². The van der Waals surface area contributed by atoms with Crippen molar-refractivity contribution in [1.82, 2.24) is 14.3 Å². The number of aryl methyl sites for hydroxylation is 2. The van der Waals surface area contributed by atoms with Gasteiger partial charge in [-0.3, -0.25) is 4.79 Å². The highest BCUT2D eigenvalue weighted by atomic mass is 32.2. The number of benzene rings is 2. The third kappa shape index (κ3) is 5.07. The van der Waals surface area contributed by atoms with E-state index in [9.17, 15) is 17.6 Å². The van der Waals surface area contributed by atoms with Gasteiger partial charge in [-0.15, -0.1) is 0 Å². The number of rotatable bonds is 7. The minimum Gasteiger partial charge on any atom is -0.326 e. The van der Waals surface area contributed by atoms with Crippen LogP contribution < -0.4 is 10.0 Å². The molecule has 152 valence electrons. The largest absolute Gasteiger partial charge is 0.326 e. The molecule has 1 amide bonds. The van der Waals surface area contributed by atoms with Crippen LogP contribution in [0.1, 0.15) is 17.5 Å². The Morgan fingerprint density at radius 1 is 1.14 bits per heavy atom. The zero-order valence-electron chi connectivity index (χ0n) is 16.0. The molecule has 0 aliphatic rings. The molecule has 0 radical (unpaired) electrons. The third-order valence-electron chi connectivity index (χ3n) is 4.45. The number of carbonyl (C=O) groups is 1. The summed E-state index contributed by atoms with van der Waals surface area (Å²) in [6.07, 6.45) is 4.53. The second kappa shape index (κ2) is 8.54. The van der Waals surface area contributed by atoms with Crippen LogP contribution in [0.2, 0.25) is 0 Å². The van der Waals surface area contributed by atoms with E-state index in [-0.39, 0.29) is 23.5 Å². The van der Waals surface area contributed by atoms with Crippen molar-refractivity contribution in [2.45, 2.75) is 25.2 Å². The van der Waals surface area contributed by atoms with Crippen LogP contribution in [0.15, 0.2) is 60.0 Å². The molecule has 1 heterocycles. The number of carbonyl (C=O) groups excluding carboxylic acids is 1. The molecule has 0 spiro atoms. The lowest BCUT2D eigenvalue weighted by atomic mass is 10.1. The minimum absolute atomic E-state index is 0.0727. The van der Waals surface area contributed by atoms with Crippen molar-refractivity contribution in [3.05, 3.63) is 72.1 Å². The zero-order chi connectivity index (χ0) is 21.0. The van der Waals surface area contributed by atoms with Crippen LogP contribution in [0.4, 0.5) is 10.1 Å². The summed E-state index contributed by atoms with van der Waals surface area (Å²) in [6.45, 7) is 3.66. The molecule has 3 aromatic rings. The molecular weight excluding hydrogens is 395 g/mol. The van der Waals surface area contributed by atoms with Gasteiger partial charge in [-0.1, -0.05) is 6.07 Å². The van der Waals surface area contributed by atoms with E-state index in [0.717, 1.165) is 11.1 Å². The number of hydrogen-bond acceptors (Lipinski definition) is 4. The van der Waals surface area contributed by atoms with Gasteiger partial charge in [-0.05, 0) is 55.3 Å². The number of halogens is 1. The molecule has 0 aliphatic heterocycles. The molecule has 0 unspecified atom stereocenters. The number of aromatic nitrogens is 2. The van der Waals surface area contributed by atoms with Crippen molar-refractivity contribution in [3.8, 4) is 5.69 Å². The summed E-state index contributed by atoms with van der Waals surface area (Å²) in [5.74, 6) is -0.946. The fourth-order valence-corrected chi connectivity index (χ4v) is 3.80. The molecule has 0 bridgehead atoms. The molecule has 2 N–H and O–H groups in total. The lowest BCUT2D eigenvalue weighted by Gasteiger charge is -2.10. The first-order valence-corrected chi connectivity index (χ1v) is 10.4. The van der Waals surface area contributed by atoms with Crippen molar-refractivity contribution in [2.75, 3.05) is 11.9 Å². The molecule has 7 nitrogen and oxygen atoms in total. The first-order chi connectivity index (χ1) is 13.8. The molecule has 0 saturated carbocycles. The van der Waals surface area contributed by atoms with Gasteiger partial charge < -0.3 is 9.88 Å². The summed E-state index contributed by atoms with van der Waals surface area (Å²) in [6, 6.07) is 9.13. The van der Waals surface area contributed by atoms with Crippen molar-refractivity contribution >= 4 is 21.6 Å². The zero-order valence-corrected chi connectivity index (χ0v) is 16.8. The molecule has 0 fully saturated rings. The molecule has 29 heavy (non-hydrogen) atoms. The van der Waals surface area contributed by atoms with Crippen LogP contribution in [0, 0.1) is 19.7 Å². The maximum absolute atomic E-state index is 14.2. The van der Waals surface area contributed by atoms with Gasteiger partial charge in [0.2, 0.25) is 15.9 Å². The molecule has 1 aromatic heterocycles. The first-order valence-electron chi connectivity index (χ1n) is 8.91. The molecule has 0 aliphatic carbocycles. The van der Waals surface area contributed by atoms with Crippen molar-refractivity contribution in [2.24, 2.45) is 0 Å². The van der Waals surface area contributed by atoms with Gasteiger partial charge in [0.15, 0.2) is 0 Å². The number of nitrogens with zero attached hydrogens (tertiary/aromatic N) is 2. The normalized spacial score (nSPS) is 11.4. The molecule has 2 aromatic carbocycles. The summed E-state index contributed by atoms with van der Waals surface area (Å²) in [4.78, 5) is 16.1. The minimum atomic E-state index is -3.70. The number of anilines is 1. The average Bonchev–Trinajstić information content (AvgIpc) is 3.18. The highest BCUT2D eigenvalue weighted by Gasteiger charge is 2.15. The van der Waals surface area contributed by atoms with Gasteiger partial charge in [0, 0.05) is 31.0 Å². The van der Waals surface area contributed by atoms with Crippen molar-refractivity contribution in [3.63, 3.8) is 0 Å². The van der Waals surface area contributed by atoms with E-state index in [1.165, 1.54) is 35.3 Å². The van der Waals surface area contributed by atoms with Crippen LogP contribution in [0.5, 0.6) is 0 Å². The fourth-order valence-electron chi connectivity index (χ4n) is 2.68. The van der Waals surface area contributed by atoms with Crippen molar-refractivity contribution in [1.29, 1.82) is 0 Å². The summed E-state index contributed by atoms with van der Waals surface area (Å²) >= 11 is 0. The number of imidazole rings is 1. The molecule has 0 atom stereocenters. The van der Waals surface area contributed by atoms with Crippen LogP contribution >= 0.6 is 0 Å². The van der Waals surface area contributed by atoms with E-state index in [1.807, 2.05) is 13.8 Å². The summed E-state index contributed by atoms with van der Waals surface area (Å²) < 4.78 is 42.8. The van der Waals surface area contributed by atoms with Crippen LogP contribution in [0.3, 0.4) is 0 Å². The van der Waals surface area contributed by atoms with E-state index >= 15 is 0 Å². The van der Waals surface area contributed by atoms with Crippen LogP contribution in [-0.4, -0.2) is 30.4 Å². The van der Waals surface area contributed by atoms with E-state index in [1.54, 1.807) is 24.4 Å². The summed E-state index contributed by atoms with van der Waals surface area (Å²) in [5, 5.41) is 2.56. The lowest BCUT2D eigenvalue weighted by Crippen LogP contribution is -2.28. The van der Waals surface area contributed by atoms with E-state index in [4.69, 9.17) is 0 Å². The van der Waals surface area contributed by atoms with Gasteiger partial charge in [0.25, 0.3) is 0 Å². The van der Waals surface area contributed by atoms with Gasteiger partial charge in [-0.2, -0.15) is 0 Å². The second-order valence-electron chi connectivity index (χ2n) is 6.58. The number of sulfonamides is 1. The summed E-state index contributed by atoms with van der Waals surface area (Å²) in [5.41, 5.74) is 2.46. The predicted octanol–water partition coefficient (Wildman–Crippen LogP) is 2.94. The molecular formula is C20H21FN4O3S. The SMILES string of the molecule is Cc1ccc(S(=O)(=O)NCCC(=O)Nc2ccc(-n3ccnc3)c(F)c2)cc1C. The van der Waals surface area contributed by atoms with Crippen LogP contribution in [-0.2, 0) is 14.8 Å². The Morgan fingerprint density at radius 2 is 1.93 bits per heavy atom. The first kappa shape index (κ1) is 20.7. The third-order valence-corrected chi connectivity index (χ3v) is 5.91. The van der Waals surface area contributed by atoms with Gasteiger partial charge in [0.05, 0.1) is 16.9 Å². The second-order valence-corrected chi connectivity index (χ2v) is 8.35. The Labute approximate surface area is 168 Å². The summed E-state index contributed by atoms with van der Waals surface area (Å²) in [7, 11) is -3.70. The predicted molar refractivity (Wildman–Crippen MR) is 108 cm³/mol. The number of nitrogens with one attached hydrogen (secondary N) is 2. The quantitative estimate of drug-likeness (QED) is 0.619. The maximum atomic E-state index is 14.2. The standard InChI is InChI=1S/C20H21FN4O3S/c1-14-3-5-17(11-15(14)2)29(27,28)23-8-7-20(26)24-16-4-6-19(18(21)12-16)25-10-9-22-13-25/h3-6,9-13,23H,7-8H2,1-2H3,(H,24,26). The highest BCUT2D eigenvalue weighted by Crippen LogP contribution is 2.18. The molecule has 9 heteroatoms. The van der Waals surface area contributed by atoms with E-state index < -0.39 is 21.7 Å². The smallest absolute Gasteiger partial charge is 0.240 e. The molecule has 3 rings (SSSR count). The van der Waals surface area contributed by atoms with E-state index in [0.29, 0.717) is 5.69 Å². The monoisotopic (exact) mass is 416 g/mol. The Hall–Kier alpha value is -3.04. The Bertz CT molecular complexity index is 1130. The highest BCUT2D eigenvalue weighted by molar-refractivity contribution is 7.89. The van der Waals surface area contributed by atoms with E-state index in [2.05, 4.69) is 15.0 Å². The Kier molecular flexibility index (Phi) is 6.09.